The average Bonchev–Trinajstić information content (AvgIpc) is 2.85. The highest BCUT2D eigenvalue weighted by Gasteiger charge is 2.05. The number of anilines is 1. The topological polar surface area (TPSA) is 78.1 Å². The first-order chi connectivity index (χ1) is 9.19. The van der Waals surface area contributed by atoms with Crippen molar-refractivity contribution in [3.05, 3.63) is 24.3 Å². The van der Waals surface area contributed by atoms with Crippen molar-refractivity contribution in [2.45, 2.75) is 0 Å². The van der Waals surface area contributed by atoms with Crippen molar-refractivity contribution in [3.63, 3.8) is 0 Å². The molecule has 0 radical (unpaired) electrons. The number of benzene rings is 1. The molecule has 6 nitrogen and oxygen atoms in total. The molecule has 0 aliphatic heterocycles. The van der Waals surface area contributed by atoms with Gasteiger partial charge in [0.05, 0.1) is 16.8 Å². The maximum Gasteiger partial charge on any atom is 0.257 e. The minimum atomic E-state index is -0.225. The number of fused-ring (bicyclic) bond motifs is 1. The van der Waals surface area contributed by atoms with Crippen LogP contribution >= 0.6 is 23.6 Å². The molecule has 0 aliphatic rings. The Labute approximate surface area is 119 Å². The Bertz CT molecular complexity index is 565. The van der Waals surface area contributed by atoms with Crippen LogP contribution in [0.2, 0.25) is 0 Å². The molecule has 4 N–H and O–H groups in total. The van der Waals surface area contributed by atoms with Gasteiger partial charge in [-0.05, 0) is 24.4 Å². The van der Waals surface area contributed by atoms with Gasteiger partial charge in [-0.2, -0.15) is 0 Å². The summed E-state index contributed by atoms with van der Waals surface area (Å²) in [6.45, 7) is 0.124. The van der Waals surface area contributed by atoms with Crippen LogP contribution in [0.4, 0.5) is 5.13 Å². The molecule has 2 rings (SSSR count). The predicted octanol–water partition coefficient (Wildman–Crippen LogP) is 0.833. The van der Waals surface area contributed by atoms with Crippen molar-refractivity contribution in [2.75, 3.05) is 18.9 Å². The van der Waals surface area contributed by atoms with Gasteiger partial charge in [-0.3, -0.25) is 15.6 Å². The van der Waals surface area contributed by atoms with Gasteiger partial charge in [-0.1, -0.05) is 23.5 Å². The highest BCUT2D eigenvalue weighted by molar-refractivity contribution is 7.80. The minimum absolute atomic E-state index is 0.124. The number of hydrogen-bond acceptors (Lipinski definition) is 5. The maximum absolute atomic E-state index is 11.5. The largest absolute Gasteiger partial charge is 0.364 e. The number of aromatic nitrogens is 1. The second-order valence-corrected chi connectivity index (χ2v) is 5.03. The Morgan fingerprint density at radius 1 is 1.37 bits per heavy atom. The van der Waals surface area contributed by atoms with E-state index in [4.69, 9.17) is 12.2 Å². The highest BCUT2D eigenvalue weighted by atomic mass is 32.1. The third kappa shape index (κ3) is 3.76. The zero-order valence-corrected chi connectivity index (χ0v) is 11.8. The number of nitrogens with zero attached hydrogens (tertiary/aromatic N) is 1. The third-order valence-electron chi connectivity index (χ3n) is 2.24. The number of carbonyl (C=O) groups excluding carboxylic acids is 1. The van der Waals surface area contributed by atoms with E-state index in [-0.39, 0.29) is 12.5 Å². The molecule has 100 valence electrons. The van der Waals surface area contributed by atoms with Crippen molar-refractivity contribution in [3.8, 4) is 0 Å². The monoisotopic (exact) mass is 295 g/mol. The molecule has 1 aromatic carbocycles. The number of hydrazine groups is 1. The van der Waals surface area contributed by atoms with E-state index in [1.54, 1.807) is 7.05 Å². The number of rotatable bonds is 3. The van der Waals surface area contributed by atoms with Crippen LogP contribution in [-0.4, -0.2) is 29.6 Å². The lowest BCUT2D eigenvalue weighted by Gasteiger charge is -2.08. The number of amides is 1. The lowest BCUT2D eigenvalue weighted by molar-refractivity contribution is -0.119. The first-order valence-electron chi connectivity index (χ1n) is 5.55. The molecule has 1 amide bonds. The van der Waals surface area contributed by atoms with E-state index >= 15 is 0 Å². The molecule has 8 heteroatoms. The van der Waals surface area contributed by atoms with Crippen LogP contribution in [0.1, 0.15) is 0 Å². The molecule has 2 aromatic rings. The molecule has 0 aliphatic carbocycles. The van der Waals surface area contributed by atoms with E-state index in [1.807, 2.05) is 24.3 Å². The van der Waals surface area contributed by atoms with E-state index in [9.17, 15) is 4.79 Å². The molecule has 1 aromatic heterocycles. The summed E-state index contributed by atoms with van der Waals surface area (Å²) >= 11 is 6.33. The Hall–Kier alpha value is -1.93. The summed E-state index contributed by atoms with van der Waals surface area (Å²) in [6, 6.07) is 7.82. The number of hydrogen-bond donors (Lipinski definition) is 4. The lowest BCUT2D eigenvalue weighted by Crippen LogP contribution is -2.47. The number of para-hydroxylation sites is 1. The van der Waals surface area contributed by atoms with Gasteiger partial charge in [0.15, 0.2) is 10.2 Å². The van der Waals surface area contributed by atoms with Crippen molar-refractivity contribution in [1.82, 2.24) is 21.2 Å². The van der Waals surface area contributed by atoms with Crippen molar-refractivity contribution >= 4 is 49.9 Å². The molecule has 0 saturated heterocycles. The second kappa shape index (κ2) is 6.30. The molecular formula is C11H13N5OS2. The van der Waals surface area contributed by atoms with Crippen LogP contribution in [-0.2, 0) is 4.79 Å². The minimum Gasteiger partial charge on any atom is -0.364 e. The molecule has 19 heavy (non-hydrogen) atoms. The van der Waals surface area contributed by atoms with Gasteiger partial charge in [-0.15, -0.1) is 0 Å². The number of thiazole rings is 1. The summed E-state index contributed by atoms with van der Waals surface area (Å²) in [4.78, 5) is 15.9. The van der Waals surface area contributed by atoms with Gasteiger partial charge in [0.1, 0.15) is 0 Å². The van der Waals surface area contributed by atoms with E-state index in [1.165, 1.54) is 11.3 Å². The molecule has 0 saturated carbocycles. The zero-order chi connectivity index (χ0) is 13.7. The van der Waals surface area contributed by atoms with Gasteiger partial charge in [0, 0.05) is 7.05 Å². The van der Waals surface area contributed by atoms with Gasteiger partial charge in [0.25, 0.3) is 5.91 Å². The van der Waals surface area contributed by atoms with Crippen LogP contribution in [0.25, 0.3) is 10.2 Å². The van der Waals surface area contributed by atoms with E-state index in [0.29, 0.717) is 10.2 Å². The summed E-state index contributed by atoms with van der Waals surface area (Å²) in [6.07, 6.45) is 0. The highest BCUT2D eigenvalue weighted by Crippen LogP contribution is 2.24. The Morgan fingerprint density at radius 3 is 2.89 bits per heavy atom. The Kier molecular flexibility index (Phi) is 4.48. The van der Waals surface area contributed by atoms with Crippen LogP contribution < -0.4 is 21.5 Å². The summed E-state index contributed by atoms with van der Waals surface area (Å²) < 4.78 is 1.08. The predicted molar refractivity (Wildman–Crippen MR) is 81.0 cm³/mol. The SMILES string of the molecule is CNC(=S)NNC(=O)CNc1nc2ccccc2s1. The summed E-state index contributed by atoms with van der Waals surface area (Å²) in [5.74, 6) is -0.225. The number of carbonyl (C=O) groups is 1. The van der Waals surface area contributed by atoms with E-state index in [0.717, 1.165) is 10.2 Å². The van der Waals surface area contributed by atoms with Gasteiger partial charge in [0.2, 0.25) is 0 Å². The fraction of sp³-hybridized carbons (Fsp3) is 0.182. The second-order valence-electron chi connectivity index (χ2n) is 3.59. The van der Waals surface area contributed by atoms with Crippen molar-refractivity contribution in [1.29, 1.82) is 0 Å². The fourth-order valence-electron chi connectivity index (χ4n) is 1.34. The van der Waals surface area contributed by atoms with E-state index in [2.05, 4.69) is 26.5 Å². The Morgan fingerprint density at radius 2 is 2.16 bits per heavy atom. The van der Waals surface area contributed by atoms with Crippen LogP contribution in [0, 0.1) is 0 Å². The number of thiocarbonyl (C=S) groups is 1. The van der Waals surface area contributed by atoms with E-state index < -0.39 is 0 Å². The summed E-state index contributed by atoms with van der Waals surface area (Å²) in [5.41, 5.74) is 5.94. The molecule has 0 fully saturated rings. The standard InChI is InChI=1S/C11H13N5OS2/c1-12-10(18)16-15-9(17)6-13-11-14-7-4-2-3-5-8(7)19-11/h2-5H,6H2,1H3,(H,13,14)(H,15,17)(H2,12,16,18). The third-order valence-corrected chi connectivity index (χ3v) is 3.54. The van der Waals surface area contributed by atoms with Crippen molar-refractivity contribution < 1.29 is 4.79 Å². The lowest BCUT2D eigenvalue weighted by atomic mass is 10.3. The normalized spacial score (nSPS) is 9.95. The number of nitrogens with one attached hydrogen (secondary N) is 4. The van der Waals surface area contributed by atoms with Crippen LogP contribution in [0.5, 0.6) is 0 Å². The van der Waals surface area contributed by atoms with Gasteiger partial charge >= 0.3 is 0 Å². The average molecular weight is 295 g/mol. The Balaban J connectivity index is 1.84. The van der Waals surface area contributed by atoms with Crippen LogP contribution in [0.15, 0.2) is 24.3 Å². The van der Waals surface area contributed by atoms with Gasteiger partial charge < -0.3 is 10.6 Å². The molecular weight excluding hydrogens is 282 g/mol. The molecule has 0 bridgehead atoms. The summed E-state index contributed by atoms with van der Waals surface area (Å²) in [7, 11) is 1.67. The van der Waals surface area contributed by atoms with Gasteiger partial charge in [-0.25, -0.2) is 4.98 Å². The quantitative estimate of drug-likeness (QED) is 0.496. The molecule has 0 spiro atoms. The smallest absolute Gasteiger partial charge is 0.257 e. The zero-order valence-electron chi connectivity index (χ0n) is 10.2. The first-order valence-corrected chi connectivity index (χ1v) is 6.77. The van der Waals surface area contributed by atoms with Crippen LogP contribution in [0.3, 0.4) is 0 Å². The maximum atomic E-state index is 11.5. The van der Waals surface area contributed by atoms with Crippen molar-refractivity contribution in [2.24, 2.45) is 0 Å². The molecule has 1 heterocycles. The first kappa shape index (κ1) is 13.5. The summed E-state index contributed by atoms with van der Waals surface area (Å²) in [5, 5.41) is 6.72. The molecule has 0 unspecified atom stereocenters. The molecule has 0 atom stereocenters. The fourth-order valence-corrected chi connectivity index (χ4v) is 2.25.